The molecule has 0 aliphatic carbocycles. The summed E-state index contributed by atoms with van der Waals surface area (Å²) in [5, 5.41) is 14.4. The smallest absolute Gasteiger partial charge is 0.411 e. The Hall–Kier alpha value is -4.51. The van der Waals surface area contributed by atoms with Crippen LogP contribution in [-0.4, -0.2) is 36.4 Å². The van der Waals surface area contributed by atoms with Crippen LogP contribution in [0.4, 0.5) is 5.95 Å². The van der Waals surface area contributed by atoms with Gasteiger partial charge in [-0.15, -0.1) is 9.50 Å². The summed E-state index contributed by atoms with van der Waals surface area (Å²) in [5.74, 6) is 1.03. The quantitative estimate of drug-likeness (QED) is 0.387. The lowest BCUT2D eigenvalue weighted by Crippen LogP contribution is -2.28. The van der Waals surface area contributed by atoms with E-state index in [4.69, 9.17) is 14.9 Å². The zero-order valence-corrected chi connectivity index (χ0v) is 18.5. The predicted molar refractivity (Wildman–Crippen MR) is 122 cm³/mol. The molecule has 0 atom stereocenters. The number of aliphatic hydroxyl groups excluding tert-OH is 1. The molecule has 0 spiro atoms. The first kappa shape index (κ1) is 21.3. The van der Waals surface area contributed by atoms with Crippen molar-refractivity contribution in [3.05, 3.63) is 76.5 Å². The molecule has 5 aromatic rings. The standard InChI is InChI=1S/C23H21N7O4/c1-13-17(25-12-34-13)10-29-23(32)30-21(28-29)19(15-8-16(11-31)26-18(9-15)33-2)20(27-22(30)24)14-6-4-3-5-7-14/h3-9,12,31H,10-11H2,1-2H3,(H2,24,27)/p+1. The second-order valence-corrected chi connectivity index (χ2v) is 7.63. The van der Waals surface area contributed by atoms with E-state index in [-0.39, 0.29) is 19.1 Å². The van der Waals surface area contributed by atoms with E-state index in [2.05, 4.69) is 20.1 Å². The monoisotopic (exact) mass is 460 g/mol. The highest BCUT2D eigenvalue weighted by Crippen LogP contribution is 2.34. The van der Waals surface area contributed by atoms with Crippen molar-refractivity contribution in [2.24, 2.45) is 0 Å². The number of aromatic amines is 1. The average molecular weight is 460 g/mol. The van der Waals surface area contributed by atoms with Gasteiger partial charge in [0.05, 0.1) is 31.5 Å². The van der Waals surface area contributed by atoms with E-state index in [1.165, 1.54) is 22.6 Å². The first-order valence-electron chi connectivity index (χ1n) is 10.4. The fourth-order valence-corrected chi connectivity index (χ4v) is 3.85. The van der Waals surface area contributed by atoms with Gasteiger partial charge in [-0.3, -0.25) is 5.73 Å². The Morgan fingerprint density at radius 3 is 2.68 bits per heavy atom. The highest BCUT2D eigenvalue weighted by molar-refractivity contribution is 5.89. The first-order valence-corrected chi connectivity index (χ1v) is 10.4. The molecule has 0 amide bonds. The van der Waals surface area contributed by atoms with Gasteiger partial charge in [-0.25, -0.2) is 19.7 Å². The van der Waals surface area contributed by atoms with Crippen LogP contribution in [0.5, 0.6) is 5.88 Å². The van der Waals surface area contributed by atoms with E-state index >= 15 is 0 Å². The summed E-state index contributed by atoms with van der Waals surface area (Å²) in [6.45, 7) is 1.60. The van der Waals surface area contributed by atoms with Crippen LogP contribution in [-0.2, 0) is 13.2 Å². The third-order valence-corrected chi connectivity index (χ3v) is 5.53. The fourth-order valence-electron chi connectivity index (χ4n) is 3.85. The number of nitrogen functional groups attached to an aromatic ring is 1. The number of aryl methyl sites for hydroxylation is 1. The molecule has 0 saturated heterocycles. The number of pyridine rings is 1. The molecule has 4 N–H and O–H groups in total. The molecule has 0 unspecified atom stereocenters. The van der Waals surface area contributed by atoms with Crippen molar-refractivity contribution in [1.82, 2.24) is 24.1 Å². The second-order valence-electron chi connectivity index (χ2n) is 7.63. The van der Waals surface area contributed by atoms with Crippen molar-refractivity contribution in [3.8, 4) is 28.3 Å². The van der Waals surface area contributed by atoms with Crippen molar-refractivity contribution >= 4 is 11.6 Å². The molecule has 0 aliphatic heterocycles. The highest BCUT2D eigenvalue weighted by Gasteiger charge is 2.27. The summed E-state index contributed by atoms with van der Waals surface area (Å²) in [4.78, 5) is 24.9. The molecule has 11 heteroatoms. The van der Waals surface area contributed by atoms with Crippen LogP contribution in [0.3, 0.4) is 0 Å². The number of hydrogen-bond donors (Lipinski definition) is 2. The molecule has 0 saturated carbocycles. The third-order valence-electron chi connectivity index (χ3n) is 5.53. The fraction of sp³-hybridized carbons (Fsp3) is 0.174. The molecule has 0 bridgehead atoms. The van der Waals surface area contributed by atoms with Gasteiger partial charge in [0.1, 0.15) is 17.1 Å². The van der Waals surface area contributed by atoms with E-state index in [1.807, 2.05) is 30.3 Å². The molecular weight excluding hydrogens is 438 g/mol. The Morgan fingerprint density at radius 1 is 1.21 bits per heavy atom. The van der Waals surface area contributed by atoms with Gasteiger partial charge in [0.2, 0.25) is 11.5 Å². The minimum atomic E-state index is -0.435. The van der Waals surface area contributed by atoms with Crippen molar-refractivity contribution in [2.45, 2.75) is 20.1 Å². The lowest BCUT2D eigenvalue weighted by molar-refractivity contribution is -0.351. The molecule has 11 nitrogen and oxygen atoms in total. The Bertz CT molecular complexity index is 1530. The van der Waals surface area contributed by atoms with E-state index in [9.17, 15) is 9.90 Å². The van der Waals surface area contributed by atoms with Crippen LogP contribution < -0.4 is 21.1 Å². The van der Waals surface area contributed by atoms with Crippen LogP contribution in [0.2, 0.25) is 0 Å². The van der Waals surface area contributed by atoms with Crippen molar-refractivity contribution in [3.63, 3.8) is 0 Å². The number of oxazole rings is 1. The Kier molecular flexibility index (Phi) is 5.30. The maximum atomic E-state index is 13.3. The zero-order chi connectivity index (χ0) is 23.8. The summed E-state index contributed by atoms with van der Waals surface area (Å²) < 4.78 is 13.2. The number of aromatic nitrogens is 6. The van der Waals surface area contributed by atoms with Crippen molar-refractivity contribution < 1.29 is 19.2 Å². The molecule has 1 aromatic carbocycles. The number of anilines is 1. The number of nitrogens with zero attached hydrogens (tertiary/aromatic N) is 5. The summed E-state index contributed by atoms with van der Waals surface area (Å²) in [6.07, 6.45) is 1.33. The first-order chi connectivity index (χ1) is 16.5. The molecular formula is C23H22N7O4+. The molecule has 172 valence electrons. The number of benzene rings is 1. The van der Waals surface area contributed by atoms with Gasteiger partial charge in [0.15, 0.2) is 6.39 Å². The summed E-state index contributed by atoms with van der Waals surface area (Å²) in [7, 11) is 1.50. The number of aliphatic hydroxyl groups is 1. The SMILES string of the molecule is COc1cc(-c2c(-c3ccccc3)[nH+]c(N)n3c(=O)n(Cc4ncoc4C)nc23)cc(CO)n1. The minimum Gasteiger partial charge on any atom is -0.481 e. The van der Waals surface area contributed by atoms with Gasteiger partial charge in [0, 0.05) is 11.6 Å². The lowest BCUT2D eigenvalue weighted by Gasteiger charge is -2.11. The lowest BCUT2D eigenvalue weighted by atomic mass is 10.00. The highest BCUT2D eigenvalue weighted by atomic mass is 16.5. The van der Waals surface area contributed by atoms with Crippen molar-refractivity contribution in [1.29, 1.82) is 0 Å². The van der Waals surface area contributed by atoms with Gasteiger partial charge in [-0.1, -0.05) is 30.3 Å². The number of nitrogens with one attached hydrogen (secondary N) is 1. The van der Waals surface area contributed by atoms with Crippen LogP contribution >= 0.6 is 0 Å². The summed E-state index contributed by atoms with van der Waals surface area (Å²) in [6, 6.07) is 13.0. The predicted octanol–water partition coefficient (Wildman–Crippen LogP) is 1.47. The van der Waals surface area contributed by atoms with E-state index in [1.54, 1.807) is 19.1 Å². The Balaban J connectivity index is 1.84. The maximum absolute atomic E-state index is 13.3. The zero-order valence-electron chi connectivity index (χ0n) is 18.5. The van der Waals surface area contributed by atoms with Crippen LogP contribution in [0, 0.1) is 6.92 Å². The topological polar surface area (TPSA) is 148 Å². The molecule has 0 fully saturated rings. The van der Waals surface area contributed by atoms with Crippen LogP contribution in [0.15, 0.2) is 58.1 Å². The van der Waals surface area contributed by atoms with E-state index in [0.29, 0.717) is 45.5 Å². The second kappa shape index (κ2) is 8.45. The van der Waals surface area contributed by atoms with Gasteiger partial charge in [0.25, 0.3) is 0 Å². The number of rotatable bonds is 6. The van der Waals surface area contributed by atoms with Crippen LogP contribution in [0.1, 0.15) is 17.1 Å². The Morgan fingerprint density at radius 2 is 2.00 bits per heavy atom. The normalized spacial score (nSPS) is 11.3. The van der Waals surface area contributed by atoms with Gasteiger partial charge >= 0.3 is 11.6 Å². The molecule has 5 rings (SSSR count). The number of nitrogens with two attached hydrogens (primary N) is 1. The molecule has 4 aromatic heterocycles. The molecule has 0 aliphatic rings. The molecule has 0 radical (unpaired) electrons. The molecule has 4 heterocycles. The largest absolute Gasteiger partial charge is 0.481 e. The number of fused-ring (bicyclic) bond motifs is 1. The van der Waals surface area contributed by atoms with Gasteiger partial charge in [-0.2, -0.15) is 4.68 Å². The third kappa shape index (κ3) is 3.57. The van der Waals surface area contributed by atoms with Crippen molar-refractivity contribution in [2.75, 3.05) is 12.8 Å². The van der Waals surface area contributed by atoms with Gasteiger partial charge < -0.3 is 14.3 Å². The minimum absolute atomic E-state index is 0.115. The average Bonchev–Trinajstić information content (AvgIpc) is 3.41. The number of ether oxygens (including phenoxy) is 1. The number of hydrogen-bond acceptors (Lipinski definition) is 8. The van der Waals surface area contributed by atoms with E-state index in [0.717, 1.165) is 5.56 Å². The van der Waals surface area contributed by atoms with E-state index < -0.39 is 5.69 Å². The number of methoxy groups -OCH3 is 1. The number of H-pyrrole nitrogens is 1. The maximum Gasteiger partial charge on any atom is 0.411 e. The Labute approximate surface area is 193 Å². The van der Waals surface area contributed by atoms with Gasteiger partial charge in [-0.05, 0) is 18.6 Å². The summed E-state index contributed by atoms with van der Waals surface area (Å²) in [5.41, 5.74) is 9.94. The summed E-state index contributed by atoms with van der Waals surface area (Å²) >= 11 is 0. The van der Waals surface area contributed by atoms with Crippen LogP contribution in [0.25, 0.3) is 28.0 Å². The molecule has 34 heavy (non-hydrogen) atoms.